The van der Waals surface area contributed by atoms with E-state index in [0.29, 0.717) is 34.6 Å². The quantitative estimate of drug-likeness (QED) is 0.769. The van der Waals surface area contributed by atoms with Crippen LogP contribution in [0, 0.1) is 0 Å². The standard InChI is InChI=1S/C17H18Cl3N3O2/c1-2-25-12-4-3-7-22(10-12)15-9-21-23(17(24)16(15)20)14-6-5-11(18)8-13(14)19/h5-6,8-9,12H,2-4,7,10H2,1H3. The number of halogens is 3. The summed E-state index contributed by atoms with van der Waals surface area (Å²) in [7, 11) is 0. The summed E-state index contributed by atoms with van der Waals surface area (Å²) in [6, 6.07) is 4.85. The summed E-state index contributed by atoms with van der Waals surface area (Å²) >= 11 is 18.4. The second-order valence-corrected chi connectivity index (χ2v) is 7.04. The molecule has 8 heteroatoms. The Morgan fingerprint density at radius 1 is 1.28 bits per heavy atom. The van der Waals surface area contributed by atoms with Gasteiger partial charge in [0.2, 0.25) is 0 Å². The molecule has 0 amide bonds. The average Bonchev–Trinajstić information content (AvgIpc) is 2.58. The first-order valence-electron chi connectivity index (χ1n) is 8.11. The number of piperidine rings is 1. The molecule has 1 atom stereocenters. The lowest BCUT2D eigenvalue weighted by atomic mass is 10.1. The average molecular weight is 403 g/mol. The molecule has 1 fully saturated rings. The molecule has 0 saturated carbocycles. The summed E-state index contributed by atoms with van der Waals surface area (Å²) in [6.45, 7) is 4.15. The summed E-state index contributed by atoms with van der Waals surface area (Å²) in [5.41, 5.74) is 0.648. The maximum Gasteiger partial charge on any atom is 0.292 e. The van der Waals surface area contributed by atoms with Crippen molar-refractivity contribution in [3.05, 3.63) is 49.8 Å². The fourth-order valence-corrected chi connectivity index (χ4v) is 3.73. The zero-order valence-corrected chi connectivity index (χ0v) is 16.0. The normalized spacial score (nSPS) is 17.8. The van der Waals surface area contributed by atoms with Gasteiger partial charge in [-0.25, -0.2) is 0 Å². The van der Waals surface area contributed by atoms with Gasteiger partial charge in [-0.05, 0) is 38.0 Å². The number of anilines is 1. The molecule has 1 aromatic heterocycles. The van der Waals surface area contributed by atoms with Gasteiger partial charge in [-0.2, -0.15) is 9.78 Å². The molecule has 1 unspecified atom stereocenters. The van der Waals surface area contributed by atoms with E-state index in [4.69, 9.17) is 39.5 Å². The molecule has 1 saturated heterocycles. The summed E-state index contributed by atoms with van der Waals surface area (Å²) in [5, 5.41) is 5.20. The molecule has 0 bridgehead atoms. The number of benzene rings is 1. The Bertz CT molecular complexity index is 823. The van der Waals surface area contributed by atoms with Gasteiger partial charge in [0.25, 0.3) is 5.56 Å². The van der Waals surface area contributed by atoms with E-state index in [1.54, 1.807) is 24.4 Å². The fraction of sp³-hybridized carbons (Fsp3) is 0.412. The van der Waals surface area contributed by atoms with Crippen molar-refractivity contribution in [2.24, 2.45) is 0 Å². The summed E-state index contributed by atoms with van der Waals surface area (Å²) in [6.07, 6.45) is 3.73. The van der Waals surface area contributed by atoms with Gasteiger partial charge >= 0.3 is 0 Å². The molecular formula is C17H18Cl3N3O2. The van der Waals surface area contributed by atoms with Crippen LogP contribution in [0.25, 0.3) is 5.69 Å². The molecule has 3 rings (SSSR count). The van der Waals surface area contributed by atoms with E-state index in [1.807, 2.05) is 11.8 Å². The van der Waals surface area contributed by atoms with Gasteiger partial charge in [-0.15, -0.1) is 0 Å². The van der Waals surface area contributed by atoms with E-state index >= 15 is 0 Å². The first-order chi connectivity index (χ1) is 12.0. The maximum atomic E-state index is 12.7. The van der Waals surface area contributed by atoms with E-state index in [-0.39, 0.29) is 11.1 Å². The van der Waals surface area contributed by atoms with E-state index in [0.717, 1.165) is 19.4 Å². The number of nitrogens with zero attached hydrogens (tertiary/aromatic N) is 3. The fourth-order valence-electron chi connectivity index (χ4n) is 3.00. The first kappa shape index (κ1) is 18.5. The molecule has 0 aliphatic carbocycles. The molecule has 0 radical (unpaired) electrons. The smallest absolute Gasteiger partial charge is 0.292 e. The number of hydrogen-bond donors (Lipinski definition) is 0. The highest BCUT2D eigenvalue weighted by Crippen LogP contribution is 2.28. The van der Waals surface area contributed by atoms with Gasteiger partial charge in [0.05, 0.1) is 28.7 Å². The third kappa shape index (κ3) is 3.95. The topological polar surface area (TPSA) is 47.4 Å². The van der Waals surface area contributed by atoms with Crippen LogP contribution in [0.4, 0.5) is 5.69 Å². The lowest BCUT2D eigenvalue weighted by molar-refractivity contribution is 0.0526. The number of hydrogen-bond acceptors (Lipinski definition) is 4. The molecule has 1 aliphatic rings. The van der Waals surface area contributed by atoms with Crippen LogP contribution in [0.2, 0.25) is 15.1 Å². The molecule has 134 valence electrons. The predicted molar refractivity (Wildman–Crippen MR) is 102 cm³/mol. The minimum Gasteiger partial charge on any atom is -0.377 e. The highest BCUT2D eigenvalue weighted by Gasteiger charge is 2.24. The van der Waals surface area contributed by atoms with Crippen LogP contribution in [-0.2, 0) is 4.74 Å². The lowest BCUT2D eigenvalue weighted by Crippen LogP contribution is -2.41. The second kappa shape index (κ2) is 7.96. The van der Waals surface area contributed by atoms with Crippen molar-refractivity contribution in [3.63, 3.8) is 0 Å². The SMILES string of the molecule is CCOC1CCCN(c2cnn(-c3ccc(Cl)cc3Cl)c(=O)c2Cl)C1. The van der Waals surface area contributed by atoms with Crippen molar-refractivity contribution in [1.29, 1.82) is 0 Å². The maximum absolute atomic E-state index is 12.7. The zero-order chi connectivity index (χ0) is 18.0. The monoisotopic (exact) mass is 401 g/mol. The summed E-state index contributed by atoms with van der Waals surface area (Å²) < 4.78 is 6.90. The van der Waals surface area contributed by atoms with Gasteiger partial charge in [-0.1, -0.05) is 34.8 Å². The Labute approximate surface area is 161 Å². The van der Waals surface area contributed by atoms with Crippen LogP contribution in [-0.4, -0.2) is 35.6 Å². The largest absolute Gasteiger partial charge is 0.377 e. The zero-order valence-electron chi connectivity index (χ0n) is 13.7. The summed E-state index contributed by atoms with van der Waals surface area (Å²) in [5.74, 6) is 0. The third-order valence-corrected chi connectivity index (χ3v) is 5.05. The van der Waals surface area contributed by atoms with Crippen LogP contribution in [0.3, 0.4) is 0 Å². The Morgan fingerprint density at radius 3 is 2.80 bits per heavy atom. The minimum absolute atomic E-state index is 0.123. The molecular weight excluding hydrogens is 385 g/mol. The van der Waals surface area contributed by atoms with E-state index in [1.165, 1.54) is 4.68 Å². The van der Waals surface area contributed by atoms with Crippen molar-refractivity contribution in [3.8, 4) is 5.69 Å². The second-order valence-electron chi connectivity index (χ2n) is 5.82. The van der Waals surface area contributed by atoms with E-state index in [9.17, 15) is 4.79 Å². The van der Waals surface area contributed by atoms with E-state index in [2.05, 4.69) is 5.10 Å². The molecule has 0 spiro atoms. The molecule has 2 aromatic rings. The Balaban J connectivity index is 1.94. The molecule has 25 heavy (non-hydrogen) atoms. The van der Waals surface area contributed by atoms with Gasteiger partial charge in [-0.3, -0.25) is 4.79 Å². The molecule has 2 heterocycles. The van der Waals surface area contributed by atoms with Crippen molar-refractivity contribution < 1.29 is 4.74 Å². The minimum atomic E-state index is -0.415. The van der Waals surface area contributed by atoms with Gasteiger partial charge in [0, 0.05) is 24.7 Å². The highest BCUT2D eigenvalue weighted by atomic mass is 35.5. The van der Waals surface area contributed by atoms with Crippen molar-refractivity contribution in [2.45, 2.75) is 25.9 Å². The van der Waals surface area contributed by atoms with Crippen molar-refractivity contribution in [1.82, 2.24) is 9.78 Å². The van der Waals surface area contributed by atoms with Crippen LogP contribution in [0.1, 0.15) is 19.8 Å². The third-order valence-electron chi connectivity index (χ3n) is 4.16. The molecule has 0 N–H and O–H groups in total. The van der Waals surface area contributed by atoms with Gasteiger partial charge < -0.3 is 9.64 Å². The predicted octanol–water partition coefficient (Wildman–Crippen LogP) is 4.20. The van der Waals surface area contributed by atoms with Crippen LogP contribution in [0.15, 0.2) is 29.2 Å². The Hall–Kier alpha value is -1.27. The molecule has 1 aromatic carbocycles. The highest BCUT2D eigenvalue weighted by molar-refractivity contribution is 6.36. The molecule has 5 nitrogen and oxygen atoms in total. The Morgan fingerprint density at radius 2 is 2.08 bits per heavy atom. The van der Waals surface area contributed by atoms with Gasteiger partial charge in [0.1, 0.15) is 5.02 Å². The first-order valence-corrected chi connectivity index (χ1v) is 9.24. The van der Waals surface area contributed by atoms with E-state index < -0.39 is 5.56 Å². The lowest BCUT2D eigenvalue weighted by Gasteiger charge is -2.34. The summed E-state index contributed by atoms with van der Waals surface area (Å²) in [4.78, 5) is 14.7. The van der Waals surface area contributed by atoms with Crippen molar-refractivity contribution >= 4 is 40.5 Å². The van der Waals surface area contributed by atoms with Crippen molar-refractivity contribution in [2.75, 3.05) is 24.6 Å². The number of rotatable bonds is 4. The number of ether oxygens (including phenoxy) is 1. The van der Waals surface area contributed by atoms with Gasteiger partial charge in [0.15, 0.2) is 0 Å². The van der Waals surface area contributed by atoms with Crippen LogP contribution >= 0.6 is 34.8 Å². The van der Waals surface area contributed by atoms with Crippen LogP contribution in [0.5, 0.6) is 0 Å². The Kier molecular flexibility index (Phi) is 5.89. The van der Waals surface area contributed by atoms with Crippen LogP contribution < -0.4 is 10.5 Å². The molecule has 1 aliphatic heterocycles. The number of aromatic nitrogens is 2.